The first-order valence-electron chi connectivity index (χ1n) is 2.51. The van der Waals surface area contributed by atoms with E-state index in [-0.39, 0.29) is 3.92 Å². The van der Waals surface area contributed by atoms with E-state index in [1.165, 1.54) is 6.08 Å². The fraction of sp³-hybridized carbons (Fsp3) is 0.600. The molecular weight excluding hydrogens is 473 g/mol. The zero-order valence-electron chi connectivity index (χ0n) is 4.97. The van der Waals surface area contributed by atoms with Crippen molar-refractivity contribution in [2.75, 3.05) is 4.43 Å². The summed E-state index contributed by atoms with van der Waals surface area (Å²) in [5.41, 5.74) is 0. The molecule has 0 aromatic carbocycles. The third kappa shape index (κ3) is 5.22. The maximum absolute atomic E-state index is 8.47. The Hall–Kier alpha value is 1.53. The number of hydrogen-bond donors (Lipinski definition) is 2. The number of aliphatic hydroxyl groups excluding tert-OH is 1. The van der Waals surface area contributed by atoms with Gasteiger partial charge in [-0.1, -0.05) is 67.8 Å². The Morgan fingerprint density at radius 3 is 2.20 bits per heavy atom. The molecule has 5 heteroatoms. The molecule has 2 nitrogen and oxygen atoms in total. The van der Waals surface area contributed by atoms with Crippen molar-refractivity contribution in [3.63, 3.8) is 0 Å². The molecule has 2 unspecified atom stereocenters. The Bertz CT molecular complexity index is 122. The molecule has 0 saturated carbocycles. The van der Waals surface area contributed by atoms with Crippen LogP contribution in [-0.4, -0.2) is 22.5 Å². The van der Waals surface area contributed by atoms with Crippen LogP contribution in [0.1, 0.15) is 0 Å². The minimum Gasteiger partial charge on any atom is -0.481 e. The largest absolute Gasteiger partial charge is 0.481 e. The number of aliphatic hydroxyl groups is 2. The molecule has 10 heavy (non-hydrogen) atoms. The van der Waals surface area contributed by atoms with Crippen molar-refractivity contribution in [2.45, 2.75) is 7.85 Å². The van der Waals surface area contributed by atoms with Crippen molar-refractivity contribution < 1.29 is 10.2 Å². The maximum Gasteiger partial charge on any atom is 0.270 e. The molecular formula is C5H7I3O2. The van der Waals surface area contributed by atoms with Crippen molar-refractivity contribution in [1.82, 2.24) is 0 Å². The molecule has 0 bridgehead atoms. The first-order chi connectivity index (χ1) is 4.57. The van der Waals surface area contributed by atoms with E-state index in [0.717, 1.165) is 4.43 Å². The van der Waals surface area contributed by atoms with Crippen LogP contribution in [-0.2, 0) is 0 Å². The summed E-state index contributed by atoms with van der Waals surface area (Å²) >= 11 is 6.73. The Morgan fingerprint density at radius 1 is 1.40 bits per heavy atom. The highest BCUT2D eigenvalue weighted by atomic mass is 127. The van der Waals surface area contributed by atoms with Crippen LogP contribution in [0.2, 0.25) is 0 Å². The van der Waals surface area contributed by atoms with Gasteiger partial charge in [-0.05, 0) is 0 Å². The van der Waals surface area contributed by atoms with E-state index < -0.39 is 5.95 Å². The molecule has 60 valence electrons. The van der Waals surface area contributed by atoms with Gasteiger partial charge in [0.15, 0.2) is 0 Å². The molecule has 0 radical (unpaired) electrons. The zero-order valence-corrected chi connectivity index (χ0v) is 11.4. The molecule has 0 aromatic heterocycles. The molecule has 0 saturated heterocycles. The summed E-state index contributed by atoms with van der Waals surface area (Å²) in [6.07, 6.45) is 1.44. The van der Waals surface area contributed by atoms with Gasteiger partial charge < -0.3 is 10.2 Å². The standard InChI is InChI=1S/C5H7I3O2/c6-2-4(8)3(7)1-5(9)10/h1,3-4,9-10H,2H2. The Morgan fingerprint density at radius 2 is 1.90 bits per heavy atom. The minimum absolute atomic E-state index is 0.195. The summed E-state index contributed by atoms with van der Waals surface area (Å²) in [6.45, 7) is 0. The topological polar surface area (TPSA) is 40.5 Å². The highest BCUT2D eigenvalue weighted by Gasteiger charge is 2.11. The molecule has 0 aliphatic carbocycles. The lowest BCUT2D eigenvalue weighted by Crippen LogP contribution is -2.12. The third-order valence-corrected chi connectivity index (χ3v) is 7.25. The van der Waals surface area contributed by atoms with E-state index in [2.05, 4.69) is 67.8 Å². The molecule has 0 heterocycles. The number of allylic oxidation sites excluding steroid dienone is 1. The normalized spacial score (nSPS) is 15.9. The van der Waals surface area contributed by atoms with Crippen LogP contribution in [0.5, 0.6) is 0 Å². The molecule has 0 fully saturated rings. The van der Waals surface area contributed by atoms with E-state index in [0.29, 0.717) is 3.92 Å². The molecule has 0 aliphatic heterocycles. The number of alkyl halides is 3. The highest BCUT2D eigenvalue weighted by molar-refractivity contribution is 14.1. The van der Waals surface area contributed by atoms with Crippen LogP contribution in [0.4, 0.5) is 0 Å². The van der Waals surface area contributed by atoms with Crippen LogP contribution in [0, 0.1) is 0 Å². The van der Waals surface area contributed by atoms with Gasteiger partial charge in [0.1, 0.15) is 0 Å². The minimum atomic E-state index is -0.578. The van der Waals surface area contributed by atoms with Crippen LogP contribution < -0.4 is 0 Å². The second kappa shape index (κ2) is 6.09. The fourth-order valence-corrected chi connectivity index (χ4v) is 2.64. The van der Waals surface area contributed by atoms with Gasteiger partial charge in [-0.15, -0.1) is 0 Å². The SMILES string of the molecule is OC(O)=CC(I)C(I)CI. The lowest BCUT2D eigenvalue weighted by atomic mass is 10.3. The summed E-state index contributed by atoms with van der Waals surface area (Å²) in [6, 6.07) is 0. The lowest BCUT2D eigenvalue weighted by molar-refractivity contribution is 0.189. The molecule has 0 aromatic rings. The van der Waals surface area contributed by atoms with Crippen molar-refractivity contribution in [1.29, 1.82) is 0 Å². The monoisotopic (exact) mass is 480 g/mol. The highest BCUT2D eigenvalue weighted by Crippen LogP contribution is 2.19. The van der Waals surface area contributed by atoms with E-state index in [9.17, 15) is 0 Å². The van der Waals surface area contributed by atoms with Crippen molar-refractivity contribution in [3.05, 3.63) is 12.0 Å². The maximum atomic E-state index is 8.47. The van der Waals surface area contributed by atoms with Gasteiger partial charge in [0.25, 0.3) is 5.95 Å². The van der Waals surface area contributed by atoms with Gasteiger partial charge in [0, 0.05) is 18.4 Å². The van der Waals surface area contributed by atoms with E-state index in [1.807, 2.05) is 0 Å². The summed E-state index contributed by atoms with van der Waals surface area (Å²) in [4.78, 5) is 0. The molecule has 2 atom stereocenters. The smallest absolute Gasteiger partial charge is 0.270 e. The van der Waals surface area contributed by atoms with Gasteiger partial charge >= 0.3 is 0 Å². The Labute approximate surface area is 101 Å². The predicted octanol–water partition coefficient (Wildman–Crippen LogP) is 2.99. The predicted molar refractivity (Wildman–Crippen MR) is 67.8 cm³/mol. The van der Waals surface area contributed by atoms with Crippen LogP contribution in [0.25, 0.3) is 0 Å². The Balaban J connectivity index is 3.83. The second-order valence-electron chi connectivity index (χ2n) is 1.64. The molecule has 0 rings (SSSR count). The summed E-state index contributed by atoms with van der Waals surface area (Å²) in [7, 11) is 0. The van der Waals surface area contributed by atoms with Gasteiger partial charge in [-0.3, -0.25) is 0 Å². The van der Waals surface area contributed by atoms with Crippen molar-refractivity contribution >= 4 is 67.8 Å². The first kappa shape index (κ1) is 11.5. The molecule has 2 N–H and O–H groups in total. The number of rotatable bonds is 3. The van der Waals surface area contributed by atoms with Crippen LogP contribution >= 0.6 is 67.8 Å². The first-order valence-corrected chi connectivity index (χ1v) is 6.53. The van der Waals surface area contributed by atoms with Gasteiger partial charge in [-0.25, -0.2) is 0 Å². The van der Waals surface area contributed by atoms with E-state index in [4.69, 9.17) is 10.2 Å². The van der Waals surface area contributed by atoms with Crippen molar-refractivity contribution in [3.8, 4) is 0 Å². The van der Waals surface area contributed by atoms with Gasteiger partial charge in [0.05, 0.1) is 0 Å². The van der Waals surface area contributed by atoms with Crippen LogP contribution in [0.3, 0.4) is 0 Å². The Kier molecular flexibility index (Phi) is 7.02. The second-order valence-corrected chi connectivity index (χ2v) is 5.56. The third-order valence-electron chi connectivity index (χ3n) is 0.801. The lowest BCUT2D eigenvalue weighted by Gasteiger charge is -2.08. The summed E-state index contributed by atoms with van der Waals surface area (Å²) in [5.74, 6) is -0.578. The van der Waals surface area contributed by atoms with Gasteiger partial charge in [-0.2, -0.15) is 0 Å². The number of halogens is 3. The zero-order chi connectivity index (χ0) is 8.15. The quantitative estimate of drug-likeness (QED) is 0.371. The number of hydrogen-bond acceptors (Lipinski definition) is 2. The molecule has 0 spiro atoms. The van der Waals surface area contributed by atoms with Gasteiger partial charge in [0.2, 0.25) is 0 Å². The molecule has 0 aliphatic rings. The van der Waals surface area contributed by atoms with Crippen molar-refractivity contribution in [2.24, 2.45) is 0 Å². The van der Waals surface area contributed by atoms with Crippen LogP contribution in [0.15, 0.2) is 12.0 Å². The molecule has 0 amide bonds. The van der Waals surface area contributed by atoms with E-state index in [1.54, 1.807) is 0 Å². The average molecular weight is 480 g/mol. The summed E-state index contributed by atoms with van der Waals surface area (Å²) < 4.78 is 1.66. The average Bonchev–Trinajstić information content (AvgIpc) is 1.85. The fourth-order valence-electron chi connectivity index (χ4n) is 0.332. The summed E-state index contributed by atoms with van der Waals surface area (Å²) in [5, 5.41) is 16.9. The van der Waals surface area contributed by atoms with E-state index >= 15 is 0 Å².